The molecule has 0 aliphatic rings. The van der Waals surface area contributed by atoms with Crippen LogP contribution < -0.4 is 19.5 Å². The van der Waals surface area contributed by atoms with Crippen LogP contribution in [0.1, 0.15) is 24.1 Å². The largest absolute Gasteiger partial charge is 0.493 e. The molecule has 2 heterocycles. The lowest BCUT2D eigenvalue weighted by molar-refractivity contribution is -0.115. The fraction of sp³-hybridized carbons (Fsp3) is 0.350. The van der Waals surface area contributed by atoms with E-state index in [-0.39, 0.29) is 12.3 Å². The summed E-state index contributed by atoms with van der Waals surface area (Å²) < 4.78 is 22.5. The molecule has 3 aromatic rings. The molecule has 0 atom stereocenters. The number of carbonyl (C=O) groups excluding carboxylic acids is 1. The van der Waals surface area contributed by atoms with Crippen LogP contribution in [0.4, 0.5) is 5.13 Å². The number of methoxy groups -OCH3 is 3. The van der Waals surface area contributed by atoms with Crippen molar-refractivity contribution in [2.45, 2.75) is 29.7 Å². The summed E-state index contributed by atoms with van der Waals surface area (Å²) >= 11 is 2.97. The van der Waals surface area contributed by atoms with Gasteiger partial charge in [-0.25, -0.2) is 9.97 Å². The first kappa shape index (κ1) is 22.0. The van der Waals surface area contributed by atoms with Crippen LogP contribution >= 0.6 is 23.1 Å². The monoisotopic (exact) mass is 449 g/mol. The molecule has 0 aliphatic carbocycles. The smallest absolute Gasteiger partial charge is 0.230 e. The highest BCUT2D eigenvalue weighted by atomic mass is 32.2. The Kier molecular flexibility index (Phi) is 7.58. The Labute approximate surface area is 183 Å². The van der Waals surface area contributed by atoms with Crippen LogP contribution in [0.5, 0.6) is 17.2 Å². The van der Waals surface area contributed by atoms with E-state index >= 15 is 0 Å². The standard InChI is InChI=1S/C20H23N3O5S2/c1-5-13-9-21-17(28-13)11-29-18-10-22-20(30-18)23-16(24)8-12-6-14(25-2)19(27-4)15(7-12)26-3/h6-7,9-10H,5,8,11H2,1-4H3,(H,22,23,24). The maximum absolute atomic E-state index is 12.5. The average Bonchev–Trinajstić information content (AvgIpc) is 3.40. The number of amides is 1. The Morgan fingerprint density at radius 1 is 1.13 bits per heavy atom. The number of nitrogens with one attached hydrogen (secondary N) is 1. The molecular weight excluding hydrogens is 426 g/mol. The van der Waals surface area contributed by atoms with Crippen molar-refractivity contribution in [2.75, 3.05) is 26.6 Å². The quantitative estimate of drug-likeness (QED) is 0.460. The van der Waals surface area contributed by atoms with Gasteiger partial charge in [-0.3, -0.25) is 4.79 Å². The molecule has 0 radical (unpaired) electrons. The zero-order valence-electron chi connectivity index (χ0n) is 17.2. The Hall–Kier alpha value is -2.72. The first-order valence-electron chi connectivity index (χ1n) is 9.17. The van der Waals surface area contributed by atoms with Crippen molar-refractivity contribution in [3.05, 3.63) is 41.7 Å². The van der Waals surface area contributed by atoms with E-state index in [0.717, 1.165) is 22.0 Å². The highest BCUT2D eigenvalue weighted by Gasteiger charge is 2.16. The molecule has 3 rings (SSSR count). The van der Waals surface area contributed by atoms with Crippen LogP contribution in [0.2, 0.25) is 0 Å². The third-order valence-corrected chi connectivity index (χ3v) is 6.20. The molecule has 0 saturated carbocycles. The first-order valence-corrected chi connectivity index (χ1v) is 11.0. The van der Waals surface area contributed by atoms with Gasteiger partial charge >= 0.3 is 0 Å². The number of nitrogens with zero attached hydrogens (tertiary/aromatic N) is 2. The van der Waals surface area contributed by atoms with Crippen LogP contribution in [-0.4, -0.2) is 37.2 Å². The topological polar surface area (TPSA) is 95.7 Å². The summed E-state index contributed by atoms with van der Waals surface area (Å²) in [5, 5.41) is 3.37. The predicted molar refractivity (Wildman–Crippen MR) is 116 cm³/mol. The Balaban J connectivity index is 1.59. The van der Waals surface area contributed by atoms with E-state index in [1.165, 1.54) is 32.7 Å². The molecule has 160 valence electrons. The minimum absolute atomic E-state index is 0.148. The van der Waals surface area contributed by atoms with Crippen molar-refractivity contribution in [3.63, 3.8) is 0 Å². The second-order valence-electron chi connectivity index (χ2n) is 6.11. The summed E-state index contributed by atoms with van der Waals surface area (Å²) in [7, 11) is 4.61. The number of aryl methyl sites for hydroxylation is 1. The van der Waals surface area contributed by atoms with Gasteiger partial charge in [-0.15, -0.1) is 11.8 Å². The summed E-state index contributed by atoms with van der Waals surface area (Å²) in [6, 6.07) is 3.51. The van der Waals surface area contributed by atoms with Crippen molar-refractivity contribution in [1.29, 1.82) is 0 Å². The highest BCUT2D eigenvalue weighted by molar-refractivity contribution is 8.00. The van der Waals surface area contributed by atoms with Crippen molar-refractivity contribution in [2.24, 2.45) is 0 Å². The maximum Gasteiger partial charge on any atom is 0.230 e. The van der Waals surface area contributed by atoms with Crippen LogP contribution in [-0.2, 0) is 23.4 Å². The fourth-order valence-electron chi connectivity index (χ4n) is 2.68. The van der Waals surface area contributed by atoms with Crippen molar-refractivity contribution >= 4 is 34.1 Å². The molecule has 2 aromatic heterocycles. The molecule has 1 amide bonds. The maximum atomic E-state index is 12.5. The SMILES string of the molecule is CCc1cnc(CSc2cnc(NC(=O)Cc3cc(OC)c(OC)c(OC)c3)s2)o1. The number of thiazole rings is 1. The van der Waals surface area contributed by atoms with Crippen LogP contribution in [0.3, 0.4) is 0 Å². The lowest BCUT2D eigenvalue weighted by Gasteiger charge is -2.13. The lowest BCUT2D eigenvalue weighted by atomic mass is 10.1. The van der Waals surface area contributed by atoms with E-state index in [0.29, 0.717) is 34.0 Å². The average molecular weight is 450 g/mol. The van der Waals surface area contributed by atoms with Crippen molar-refractivity contribution in [1.82, 2.24) is 9.97 Å². The number of benzene rings is 1. The second kappa shape index (κ2) is 10.4. The molecule has 1 N–H and O–H groups in total. The second-order valence-corrected chi connectivity index (χ2v) is 8.41. The van der Waals surface area contributed by atoms with Crippen LogP contribution in [0.15, 0.2) is 33.2 Å². The minimum atomic E-state index is -0.185. The zero-order chi connectivity index (χ0) is 21.5. The molecular formula is C20H23N3O5S2. The van der Waals surface area contributed by atoms with Gasteiger partial charge in [0.2, 0.25) is 17.5 Å². The number of anilines is 1. The molecule has 1 aromatic carbocycles. The van der Waals surface area contributed by atoms with Gasteiger partial charge in [0.05, 0.1) is 50.1 Å². The van der Waals surface area contributed by atoms with Crippen molar-refractivity contribution < 1.29 is 23.4 Å². The number of aromatic nitrogens is 2. The Bertz CT molecular complexity index is 977. The number of hydrogen-bond donors (Lipinski definition) is 1. The first-order chi connectivity index (χ1) is 14.6. The lowest BCUT2D eigenvalue weighted by Crippen LogP contribution is -2.14. The third kappa shape index (κ3) is 5.45. The highest BCUT2D eigenvalue weighted by Crippen LogP contribution is 2.38. The molecule has 0 bridgehead atoms. The number of carbonyl (C=O) groups is 1. The van der Waals surface area contributed by atoms with E-state index in [9.17, 15) is 4.79 Å². The van der Waals surface area contributed by atoms with Crippen LogP contribution in [0, 0.1) is 0 Å². The van der Waals surface area contributed by atoms with Gasteiger partial charge in [0.25, 0.3) is 0 Å². The molecule has 0 fully saturated rings. The van der Waals surface area contributed by atoms with Gasteiger partial charge in [-0.1, -0.05) is 18.3 Å². The summed E-state index contributed by atoms with van der Waals surface area (Å²) in [5.74, 6) is 3.47. The third-order valence-electron chi connectivity index (χ3n) is 4.11. The fourth-order valence-corrected chi connectivity index (χ4v) is 4.42. The zero-order valence-corrected chi connectivity index (χ0v) is 18.8. The molecule has 0 unspecified atom stereocenters. The molecule has 0 aliphatic heterocycles. The van der Waals surface area contributed by atoms with Gasteiger partial charge in [0, 0.05) is 6.42 Å². The number of oxazole rings is 1. The number of thioether (sulfide) groups is 1. The van der Waals surface area contributed by atoms with E-state index in [1.54, 1.807) is 36.3 Å². The molecule has 8 nitrogen and oxygen atoms in total. The molecule has 0 spiro atoms. The molecule has 10 heteroatoms. The summed E-state index contributed by atoms with van der Waals surface area (Å²) in [5.41, 5.74) is 0.740. The van der Waals surface area contributed by atoms with Gasteiger partial charge in [-0.05, 0) is 17.7 Å². The number of ether oxygens (including phenoxy) is 3. The summed E-state index contributed by atoms with van der Waals surface area (Å²) in [6.07, 6.45) is 4.45. The Morgan fingerprint density at radius 3 is 2.47 bits per heavy atom. The van der Waals surface area contributed by atoms with Gasteiger partial charge in [0.15, 0.2) is 16.6 Å². The minimum Gasteiger partial charge on any atom is -0.493 e. The van der Waals surface area contributed by atoms with Gasteiger partial charge in [0.1, 0.15) is 5.76 Å². The van der Waals surface area contributed by atoms with Gasteiger partial charge in [-0.2, -0.15) is 0 Å². The van der Waals surface area contributed by atoms with E-state index in [1.807, 2.05) is 6.92 Å². The van der Waals surface area contributed by atoms with Gasteiger partial charge < -0.3 is 23.9 Å². The summed E-state index contributed by atoms with van der Waals surface area (Å²) in [6.45, 7) is 2.02. The van der Waals surface area contributed by atoms with E-state index < -0.39 is 0 Å². The number of rotatable bonds is 10. The predicted octanol–water partition coefficient (Wildman–Crippen LogP) is 4.19. The van der Waals surface area contributed by atoms with E-state index in [4.69, 9.17) is 18.6 Å². The van der Waals surface area contributed by atoms with Crippen molar-refractivity contribution in [3.8, 4) is 17.2 Å². The van der Waals surface area contributed by atoms with Crippen LogP contribution in [0.25, 0.3) is 0 Å². The Morgan fingerprint density at radius 2 is 1.87 bits per heavy atom. The summed E-state index contributed by atoms with van der Waals surface area (Å²) in [4.78, 5) is 21.0. The normalized spacial score (nSPS) is 10.7. The molecule has 0 saturated heterocycles. The molecule has 30 heavy (non-hydrogen) atoms. The van der Waals surface area contributed by atoms with E-state index in [2.05, 4.69) is 15.3 Å². The number of hydrogen-bond acceptors (Lipinski definition) is 9.